The van der Waals surface area contributed by atoms with Gasteiger partial charge in [-0.05, 0) is 37.2 Å². The molecule has 0 radical (unpaired) electrons. The maximum atomic E-state index is 12.0. The Morgan fingerprint density at radius 3 is 2.35 bits per heavy atom. The zero-order valence-corrected chi connectivity index (χ0v) is 15.1. The predicted octanol–water partition coefficient (Wildman–Crippen LogP) is 1.26. The highest BCUT2D eigenvalue weighted by Gasteiger charge is 2.14. The van der Waals surface area contributed by atoms with Crippen molar-refractivity contribution in [3.05, 3.63) is 29.8 Å². The molecule has 1 amide bonds. The number of sulfone groups is 1. The molecule has 0 unspecified atom stereocenters. The summed E-state index contributed by atoms with van der Waals surface area (Å²) in [5, 5.41) is 5.96. The van der Waals surface area contributed by atoms with Crippen LogP contribution >= 0.6 is 12.4 Å². The van der Waals surface area contributed by atoms with Gasteiger partial charge < -0.3 is 15.4 Å². The summed E-state index contributed by atoms with van der Waals surface area (Å²) in [5.41, 5.74) is 0.446. The molecular formula is C15H25ClN2O4S. The van der Waals surface area contributed by atoms with Crippen LogP contribution in [-0.2, 0) is 14.6 Å². The quantitative estimate of drug-likeness (QED) is 0.610. The van der Waals surface area contributed by atoms with Crippen LogP contribution in [0.15, 0.2) is 29.2 Å². The molecule has 23 heavy (non-hydrogen) atoms. The molecule has 132 valence electrons. The first-order valence-corrected chi connectivity index (χ1v) is 8.97. The summed E-state index contributed by atoms with van der Waals surface area (Å²) in [6.07, 6.45) is 1.05. The number of amides is 1. The van der Waals surface area contributed by atoms with E-state index in [-0.39, 0.29) is 35.6 Å². The van der Waals surface area contributed by atoms with Crippen LogP contribution in [0, 0.1) is 0 Å². The Balaban J connectivity index is 0.00000484. The van der Waals surface area contributed by atoms with Gasteiger partial charge in [0.15, 0.2) is 9.84 Å². The lowest BCUT2D eigenvalue weighted by molar-refractivity contribution is 0.0954. The summed E-state index contributed by atoms with van der Waals surface area (Å²) < 4.78 is 28.7. The average molecular weight is 365 g/mol. The van der Waals surface area contributed by atoms with E-state index in [2.05, 4.69) is 17.6 Å². The Bertz CT molecular complexity index is 561. The molecule has 1 aromatic rings. The van der Waals surface area contributed by atoms with Gasteiger partial charge in [0.2, 0.25) is 0 Å². The number of rotatable bonds is 10. The van der Waals surface area contributed by atoms with Crippen molar-refractivity contribution >= 4 is 28.2 Å². The zero-order valence-electron chi connectivity index (χ0n) is 13.5. The highest BCUT2D eigenvalue weighted by molar-refractivity contribution is 7.91. The van der Waals surface area contributed by atoms with Crippen LogP contribution in [0.4, 0.5) is 0 Å². The third-order valence-corrected chi connectivity index (χ3v) is 4.74. The SMILES string of the molecule is CCCNCCNC(=O)c1ccc(S(=O)(=O)CCOC)cc1.Cl. The van der Waals surface area contributed by atoms with Crippen molar-refractivity contribution in [2.24, 2.45) is 0 Å². The van der Waals surface area contributed by atoms with E-state index in [4.69, 9.17) is 4.74 Å². The van der Waals surface area contributed by atoms with Crippen molar-refractivity contribution in [2.45, 2.75) is 18.2 Å². The van der Waals surface area contributed by atoms with E-state index in [0.717, 1.165) is 13.0 Å². The van der Waals surface area contributed by atoms with Crippen LogP contribution in [0.25, 0.3) is 0 Å². The van der Waals surface area contributed by atoms with Crippen molar-refractivity contribution in [1.82, 2.24) is 10.6 Å². The van der Waals surface area contributed by atoms with Crippen molar-refractivity contribution in [2.75, 3.05) is 39.1 Å². The van der Waals surface area contributed by atoms with E-state index < -0.39 is 9.84 Å². The Hall–Kier alpha value is -1.15. The van der Waals surface area contributed by atoms with Crippen LogP contribution in [0.3, 0.4) is 0 Å². The lowest BCUT2D eigenvalue weighted by Gasteiger charge is -2.07. The van der Waals surface area contributed by atoms with Gasteiger partial charge in [0, 0.05) is 25.8 Å². The van der Waals surface area contributed by atoms with E-state index in [0.29, 0.717) is 18.7 Å². The van der Waals surface area contributed by atoms with Gasteiger partial charge in [-0.3, -0.25) is 4.79 Å². The number of nitrogens with one attached hydrogen (secondary N) is 2. The molecule has 2 N–H and O–H groups in total. The van der Waals surface area contributed by atoms with E-state index in [9.17, 15) is 13.2 Å². The Kier molecular flexibility index (Phi) is 10.8. The molecule has 0 atom stereocenters. The molecule has 0 spiro atoms. The number of carbonyl (C=O) groups excluding carboxylic acids is 1. The second kappa shape index (κ2) is 11.4. The number of halogens is 1. The number of carbonyl (C=O) groups is 1. The lowest BCUT2D eigenvalue weighted by atomic mass is 10.2. The average Bonchev–Trinajstić information content (AvgIpc) is 2.52. The first kappa shape index (κ1) is 21.9. The van der Waals surface area contributed by atoms with Gasteiger partial charge in [-0.15, -0.1) is 12.4 Å². The van der Waals surface area contributed by atoms with Crippen molar-refractivity contribution in [3.8, 4) is 0 Å². The molecule has 0 aromatic heterocycles. The number of hydrogen-bond donors (Lipinski definition) is 2. The van der Waals surface area contributed by atoms with Crippen LogP contribution < -0.4 is 10.6 Å². The second-order valence-corrected chi connectivity index (χ2v) is 6.95. The molecule has 0 fully saturated rings. The molecule has 8 heteroatoms. The standard InChI is InChI=1S/C15H24N2O4S.ClH/c1-3-8-16-9-10-17-15(18)13-4-6-14(7-5-13)22(19,20)12-11-21-2;/h4-7,16H,3,8-12H2,1-2H3,(H,17,18);1H. The fraction of sp³-hybridized carbons (Fsp3) is 0.533. The van der Waals surface area contributed by atoms with Gasteiger partial charge in [0.25, 0.3) is 5.91 Å². The van der Waals surface area contributed by atoms with E-state index in [1.807, 2.05) is 0 Å². The zero-order chi connectivity index (χ0) is 16.4. The minimum absolute atomic E-state index is 0. The summed E-state index contributed by atoms with van der Waals surface area (Å²) in [6.45, 7) is 4.39. The smallest absolute Gasteiger partial charge is 0.251 e. The largest absolute Gasteiger partial charge is 0.384 e. The molecule has 0 heterocycles. The minimum atomic E-state index is -3.36. The Morgan fingerprint density at radius 2 is 1.78 bits per heavy atom. The van der Waals surface area contributed by atoms with Gasteiger partial charge in [-0.2, -0.15) is 0 Å². The van der Waals surface area contributed by atoms with Crippen LogP contribution in [0.1, 0.15) is 23.7 Å². The maximum Gasteiger partial charge on any atom is 0.251 e. The molecule has 0 aliphatic heterocycles. The Morgan fingerprint density at radius 1 is 1.13 bits per heavy atom. The van der Waals surface area contributed by atoms with E-state index in [1.54, 1.807) is 0 Å². The van der Waals surface area contributed by atoms with Crippen LogP contribution in [0.5, 0.6) is 0 Å². The summed E-state index contributed by atoms with van der Waals surface area (Å²) in [4.78, 5) is 12.1. The maximum absolute atomic E-state index is 12.0. The molecular weight excluding hydrogens is 340 g/mol. The molecule has 0 aliphatic rings. The van der Waals surface area contributed by atoms with Gasteiger partial charge in [-0.25, -0.2) is 8.42 Å². The number of hydrogen-bond acceptors (Lipinski definition) is 5. The normalized spacial score (nSPS) is 10.9. The van der Waals surface area contributed by atoms with Gasteiger partial charge in [-0.1, -0.05) is 6.92 Å². The van der Waals surface area contributed by atoms with Crippen molar-refractivity contribution in [3.63, 3.8) is 0 Å². The summed E-state index contributed by atoms with van der Waals surface area (Å²) in [7, 11) is -1.90. The fourth-order valence-electron chi connectivity index (χ4n) is 1.79. The highest BCUT2D eigenvalue weighted by atomic mass is 35.5. The third-order valence-electron chi connectivity index (χ3n) is 3.05. The molecule has 0 saturated heterocycles. The number of ether oxygens (including phenoxy) is 1. The number of methoxy groups -OCH3 is 1. The predicted molar refractivity (Wildman–Crippen MR) is 93.1 cm³/mol. The van der Waals surface area contributed by atoms with Gasteiger partial charge >= 0.3 is 0 Å². The number of benzene rings is 1. The summed E-state index contributed by atoms with van der Waals surface area (Å²) in [6, 6.07) is 5.95. The first-order valence-electron chi connectivity index (χ1n) is 7.32. The first-order chi connectivity index (χ1) is 10.5. The molecule has 6 nitrogen and oxygen atoms in total. The monoisotopic (exact) mass is 364 g/mol. The topological polar surface area (TPSA) is 84.5 Å². The van der Waals surface area contributed by atoms with Crippen molar-refractivity contribution < 1.29 is 17.9 Å². The van der Waals surface area contributed by atoms with E-state index >= 15 is 0 Å². The van der Waals surface area contributed by atoms with Gasteiger partial charge in [0.05, 0.1) is 17.3 Å². The molecule has 0 aliphatic carbocycles. The Labute approximate surface area is 144 Å². The van der Waals surface area contributed by atoms with Crippen LogP contribution in [0.2, 0.25) is 0 Å². The van der Waals surface area contributed by atoms with Gasteiger partial charge in [0.1, 0.15) is 0 Å². The van der Waals surface area contributed by atoms with E-state index in [1.165, 1.54) is 31.4 Å². The summed E-state index contributed by atoms with van der Waals surface area (Å²) >= 11 is 0. The van der Waals surface area contributed by atoms with Crippen LogP contribution in [-0.4, -0.2) is 53.4 Å². The molecule has 0 bridgehead atoms. The second-order valence-electron chi connectivity index (χ2n) is 4.84. The summed E-state index contributed by atoms with van der Waals surface area (Å²) in [5.74, 6) is -0.280. The van der Waals surface area contributed by atoms with Crippen molar-refractivity contribution in [1.29, 1.82) is 0 Å². The minimum Gasteiger partial charge on any atom is -0.384 e. The molecule has 1 aromatic carbocycles. The molecule has 0 saturated carbocycles. The highest BCUT2D eigenvalue weighted by Crippen LogP contribution is 2.12. The molecule has 1 rings (SSSR count). The fourth-order valence-corrected chi connectivity index (χ4v) is 2.97. The third kappa shape index (κ3) is 7.78. The lowest BCUT2D eigenvalue weighted by Crippen LogP contribution is -2.32.